The van der Waals surface area contributed by atoms with E-state index < -0.39 is 5.92 Å². The third-order valence-electron chi connectivity index (χ3n) is 4.57. The van der Waals surface area contributed by atoms with Gasteiger partial charge in [0.2, 0.25) is 11.8 Å². The number of aryl methyl sites for hydroxylation is 2. The van der Waals surface area contributed by atoms with E-state index in [9.17, 15) is 14.4 Å². The minimum atomic E-state index is -0.469. The van der Waals surface area contributed by atoms with Crippen LogP contribution in [0.3, 0.4) is 0 Å². The fourth-order valence-electron chi connectivity index (χ4n) is 3.21. The zero-order valence-corrected chi connectivity index (χ0v) is 15.4. The fraction of sp³-hybridized carbons (Fsp3) is 0.316. The van der Waals surface area contributed by atoms with E-state index in [1.54, 1.807) is 24.3 Å². The standard InChI is InChI=1S/C19H20ClN3O3/c1-11-7-12(2)22-19(26)14(11)9-21-18(25)13-8-17(24)23(10-13)16-6-4-3-5-15(16)20/h3-7,13H,8-10H2,1-2H3,(H,21,25)(H,22,26)/t13-/m1/s1. The summed E-state index contributed by atoms with van der Waals surface area (Å²) in [7, 11) is 0. The summed E-state index contributed by atoms with van der Waals surface area (Å²) in [6.07, 6.45) is 0.125. The Morgan fingerprint density at radius 1 is 1.31 bits per heavy atom. The number of nitrogens with zero attached hydrogens (tertiary/aromatic N) is 1. The summed E-state index contributed by atoms with van der Waals surface area (Å²) in [5.41, 5.74) is 2.53. The van der Waals surface area contributed by atoms with E-state index in [-0.39, 0.29) is 36.9 Å². The largest absolute Gasteiger partial charge is 0.351 e. The molecule has 6 nitrogen and oxygen atoms in total. The van der Waals surface area contributed by atoms with Gasteiger partial charge in [0.1, 0.15) is 0 Å². The number of pyridine rings is 1. The fourth-order valence-corrected chi connectivity index (χ4v) is 3.45. The van der Waals surface area contributed by atoms with Crippen molar-refractivity contribution >= 4 is 29.1 Å². The van der Waals surface area contributed by atoms with Crippen LogP contribution in [0, 0.1) is 19.8 Å². The molecule has 2 amide bonds. The quantitative estimate of drug-likeness (QED) is 0.862. The Morgan fingerprint density at radius 2 is 2.04 bits per heavy atom. The minimum absolute atomic E-state index is 0.125. The lowest BCUT2D eigenvalue weighted by atomic mass is 10.1. The van der Waals surface area contributed by atoms with Crippen molar-refractivity contribution in [2.75, 3.05) is 11.4 Å². The van der Waals surface area contributed by atoms with Gasteiger partial charge in [-0.2, -0.15) is 0 Å². The van der Waals surface area contributed by atoms with E-state index in [2.05, 4.69) is 10.3 Å². The maximum Gasteiger partial charge on any atom is 0.253 e. The van der Waals surface area contributed by atoms with Crippen molar-refractivity contribution in [1.82, 2.24) is 10.3 Å². The monoisotopic (exact) mass is 373 g/mol. The highest BCUT2D eigenvalue weighted by molar-refractivity contribution is 6.33. The molecule has 26 heavy (non-hydrogen) atoms. The van der Waals surface area contributed by atoms with Crippen LogP contribution < -0.4 is 15.8 Å². The Hall–Kier alpha value is -2.60. The predicted molar refractivity (Wildman–Crippen MR) is 100 cm³/mol. The van der Waals surface area contributed by atoms with Crippen LogP contribution in [0.5, 0.6) is 0 Å². The highest BCUT2D eigenvalue weighted by atomic mass is 35.5. The van der Waals surface area contributed by atoms with Gasteiger partial charge in [0.25, 0.3) is 5.56 Å². The average Bonchev–Trinajstić information content (AvgIpc) is 2.96. The van der Waals surface area contributed by atoms with Crippen LogP contribution in [0.2, 0.25) is 5.02 Å². The molecule has 2 heterocycles. The van der Waals surface area contributed by atoms with Gasteiger partial charge in [0, 0.05) is 30.8 Å². The molecule has 1 aliphatic rings. The van der Waals surface area contributed by atoms with Crippen molar-refractivity contribution in [3.8, 4) is 0 Å². The first-order valence-electron chi connectivity index (χ1n) is 8.39. The van der Waals surface area contributed by atoms with Gasteiger partial charge < -0.3 is 15.2 Å². The molecule has 136 valence electrons. The number of anilines is 1. The van der Waals surface area contributed by atoms with Crippen molar-refractivity contribution in [3.05, 3.63) is 62.5 Å². The van der Waals surface area contributed by atoms with Crippen LogP contribution in [0.25, 0.3) is 0 Å². The van der Waals surface area contributed by atoms with E-state index in [0.29, 0.717) is 16.3 Å². The summed E-state index contributed by atoms with van der Waals surface area (Å²) in [6, 6.07) is 8.92. The molecule has 1 saturated heterocycles. The molecule has 2 aromatic rings. The highest BCUT2D eigenvalue weighted by Gasteiger charge is 2.35. The number of carbonyl (C=O) groups excluding carboxylic acids is 2. The molecule has 1 aromatic heterocycles. The van der Waals surface area contributed by atoms with Gasteiger partial charge in [-0.1, -0.05) is 23.7 Å². The molecule has 0 bridgehead atoms. The SMILES string of the molecule is Cc1cc(C)c(CNC(=O)[C@@H]2CC(=O)N(c3ccccc3Cl)C2)c(=O)[nH]1. The zero-order chi connectivity index (χ0) is 18.8. The summed E-state index contributed by atoms with van der Waals surface area (Å²) in [5.74, 6) is -0.849. The first-order chi connectivity index (χ1) is 12.4. The van der Waals surface area contributed by atoms with Crippen molar-refractivity contribution < 1.29 is 9.59 Å². The van der Waals surface area contributed by atoms with Gasteiger partial charge in [-0.3, -0.25) is 14.4 Å². The Labute approximate surface area is 156 Å². The Bertz CT molecular complexity index is 922. The van der Waals surface area contributed by atoms with Gasteiger partial charge in [0.05, 0.1) is 16.6 Å². The second kappa shape index (κ2) is 7.33. The molecule has 0 saturated carbocycles. The Kier molecular flexibility index (Phi) is 5.13. The second-order valence-electron chi connectivity index (χ2n) is 6.52. The molecule has 1 aliphatic heterocycles. The molecule has 7 heteroatoms. The number of nitrogens with one attached hydrogen (secondary N) is 2. The number of hydrogen-bond donors (Lipinski definition) is 2. The zero-order valence-electron chi connectivity index (χ0n) is 14.6. The molecule has 2 N–H and O–H groups in total. The molecule has 1 aromatic carbocycles. The van der Waals surface area contributed by atoms with Crippen molar-refractivity contribution in [3.63, 3.8) is 0 Å². The van der Waals surface area contributed by atoms with Gasteiger partial charge in [0.15, 0.2) is 0 Å². The number of halogens is 1. The number of amides is 2. The number of benzene rings is 1. The van der Waals surface area contributed by atoms with E-state index in [0.717, 1.165) is 11.3 Å². The molecule has 3 rings (SSSR count). The van der Waals surface area contributed by atoms with Crippen molar-refractivity contribution in [2.45, 2.75) is 26.8 Å². The second-order valence-corrected chi connectivity index (χ2v) is 6.92. The summed E-state index contributed by atoms with van der Waals surface area (Å²) in [4.78, 5) is 41.1. The average molecular weight is 374 g/mol. The minimum Gasteiger partial charge on any atom is -0.351 e. The number of hydrogen-bond acceptors (Lipinski definition) is 3. The molecular formula is C19H20ClN3O3. The summed E-state index contributed by atoms with van der Waals surface area (Å²) in [5, 5.41) is 3.25. The highest BCUT2D eigenvalue weighted by Crippen LogP contribution is 2.31. The van der Waals surface area contributed by atoms with Crippen molar-refractivity contribution in [2.24, 2.45) is 5.92 Å². The lowest BCUT2D eigenvalue weighted by Crippen LogP contribution is -2.34. The molecular weight excluding hydrogens is 354 g/mol. The lowest BCUT2D eigenvalue weighted by Gasteiger charge is -2.18. The molecule has 0 aliphatic carbocycles. The summed E-state index contributed by atoms with van der Waals surface area (Å²) < 4.78 is 0. The third kappa shape index (κ3) is 3.65. The number of para-hydroxylation sites is 1. The number of aromatic amines is 1. The molecule has 0 radical (unpaired) electrons. The lowest BCUT2D eigenvalue weighted by molar-refractivity contribution is -0.126. The predicted octanol–water partition coefficient (Wildman–Crippen LogP) is 2.31. The molecule has 0 spiro atoms. The van der Waals surface area contributed by atoms with Crippen LogP contribution in [-0.4, -0.2) is 23.3 Å². The third-order valence-corrected chi connectivity index (χ3v) is 4.89. The number of carbonyl (C=O) groups is 2. The first kappa shape index (κ1) is 18.2. The molecule has 1 fully saturated rings. The van der Waals surface area contributed by atoms with E-state index in [1.165, 1.54) is 4.90 Å². The van der Waals surface area contributed by atoms with Crippen LogP contribution in [0.4, 0.5) is 5.69 Å². The number of rotatable bonds is 4. The van der Waals surface area contributed by atoms with Crippen LogP contribution >= 0.6 is 11.6 Å². The topological polar surface area (TPSA) is 82.3 Å². The van der Waals surface area contributed by atoms with E-state index in [4.69, 9.17) is 11.6 Å². The Balaban J connectivity index is 1.68. The number of aromatic nitrogens is 1. The first-order valence-corrected chi connectivity index (χ1v) is 8.76. The van der Waals surface area contributed by atoms with Gasteiger partial charge in [-0.15, -0.1) is 0 Å². The van der Waals surface area contributed by atoms with Gasteiger partial charge in [-0.25, -0.2) is 0 Å². The van der Waals surface area contributed by atoms with Crippen LogP contribution in [0.1, 0.15) is 23.2 Å². The normalized spacial score (nSPS) is 16.8. The van der Waals surface area contributed by atoms with E-state index >= 15 is 0 Å². The molecule has 1 atom stereocenters. The molecule has 0 unspecified atom stereocenters. The summed E-state index contributed by atoms with van der Waals surface area (Å²) in [6.45, 7) is 4.06. The van der Waals surface area contributed by atoms with Gasteiger partial charge in [-0.05, 0) is 37.6 Å². The maximum atomic E-state index is 12.5. The van der Waals surface area contributed by atoms with E-state index in [1.807, 2.05) is 19.9 Å². The smallest absolute Gasteiger partial charge is 0.253 e. The van der Waals surface area contributed by atoms with Crippen molar-refractivity contribution in [1.29, 1.82) is 0 Å². The maximum absolute atomic E-state index is 12.5. The summed E-state index contributed by atoms with van der Waals surface area (Å²) >= 11 is 6.15. The van der Waals surface area contributed by atoms with Gasteiger partial charge >= 0.3 is 0 Å². The van der Waals surface area contributed by atoms with Crippen LogP contribution in [-0.2, 0) is 16.1 Å². The van der Waals surface area contributed by atoms with Crippen LogP contribution in [0.15, 0.2) is 35.1 Å². The Morgan fingerprint density at radius 3 is 2.73 bits per heavy atom. The number of H-pyrrole nitrogens is 1.